The van der Waals surface area contributed by atoms with Crippen molar-refractivity contribution < 1.29 is 27.2 Å². The number of carbonyl (C=O) groups excluding carboxylic acids is 1. The van der Waals surface area contributed by atoms with Crippen LogP contribution < -0.4 is 0 Å². The van der Waals surface area contributed by atoms with Gasteiger partial charge in [0.25, 0.3) is 4.93 Å². The van der Waals surface area contributed by atoms with Crippen LogP contribution in [-0.4, -0.2) is 61.0 Å². The van der Waals surface area contributed by atoms with Gasteiger partial charge in [0.1, 0.15) is 0 Å². The molecule has 0 saturated heterocycles. The molecule has 0 amide bonds. The van der Waals surface area contributed by atoms with Crippen molar-refractivity contribution in [1.29, 1.82) is 0 Å². The van der Waals surface area contributed by atoms with E-state index < -0.39 is 21.0 Å². The van der Waals surface area contributed by atoms with Crippen LogP contribution in [0.25, 0.3) is 0 Å². The van der Waals surface area contributed by atoms with Crippen LogP contribution in [0.5, 0.6) is 0 Å². The van der Waals surface area contributed by atoms with E-state index in [0.29, 0.717) is 19.3 Å². The second-order valence-corrected chi connectivity index (χ2v) is 8.16. The van der Waals surface area contributed by atoms with E-state index in [1.807, 2.05) is 20.8 Å². The molecule has 6 nitrogen and oxygen atoms in total. The van der Waals surface area contributed by atoms with Crippen LogP contribution in [0.15, 0.2) is 0 Å². The van der Waals surface area contributed by atoms with Crippen molar-refractivity contribution >= 4 is 40.0 Å². The molecule has 8 heteroatoms. The van der Waals surface area contributed by atoms with E-state index in [-0.39, 0.29) is 49.5 Å². The Morgan fingerprint density at radius 2 is 1.62 bits per heavy atom. The predicted octanol–water partition coefficient (Wildman–Crippen LogP) is 3.42. The third kappa shape index (κ3) is 9.37. The van der Waals surface area contributed by atoms with Gasteiger partial charge < -0.3 is 9.47 Å². The minimum atomic E-state index is -4.75. The van der Waals surface area contributed by atoms with Crippen LogP contribution in [0.3, 0.4) is 0 Å². The van der Waals surface area contributed by atoms with Gasteiger partial charge >= 0.3 is 40.0 Å². The van der Waals surface area contributed by atoms with E-state index in [1.165, 1.54) is 0 Å². The molecule has 0 fully saturated rings. The van der Waals surface area contributed by atoms with Gasteiger partial charge in [-0.3, -0.25) is 4.55 Å². The third-order valence-corrected chi connectivity index (χ3v) is 5.74. The summed E-state index contributed by atoms with van der Waals surface area (Å²) in [6.45, 7) is 8.15. The summed E-state index contributed by atoms with van der Waals surface area (Å²) in [7, 11) is -4.75. The summed E-state index contributed by atoms with van der Waals surface area (Å²) in [6.07, 6.45) is 6.26. The van der Waals surface area contributed by atoms with Crippen LogP contribution in [0.4, 0.5) is 0 Å². The molecule has 0 rings (SSSR count). The summed E-state index contributed by atoms with van der Waals surface area (Å²) >= 11 is 0. The first-order chi connectivity index (χ1) is 11.8. The average molecular weight is 501 g/mol. The fraction of sp³-hybridized carbons (Fsp3) is 0.944. The van der Waals surface area contributed by atoms with Crippen molar-refractivity contribution in [2.45, 2.75) is 90.4 Å². The number of carbonyl (C=O) groups is 1. The summed E-state index contributed by atoms with van der Waals surface area (Å²) in [5.74, 6) is -0.806. The molecule has 0 aromatic heterocycles. The molecule has 156 valence electrons. The molecule has 0 spiro atoms. The van der Waals surface area contributed by atoms with E-state index in [9.17, 15) is 17.8 Å². The SMILES string of the molecule is CCCCOC(CCCC)(C(=O)OCC(CC)CCCC)S(=O)(=O)O.[SnH2]. The van der Waals surface area contributed by atoms with Gasteiger partial charge in [0, 0.05) is 13.0 Å². The molecule has 0 saturated carbocycles. The Balaban J connectivity index is 0. The molecule has 0 aliphatic rings. The molecular formula is C18H38O6SSn. The molecule has 2 unspecified atom stereocenters. The molecule has 0 aliphatic carbocycles. The predicted molar refractivity (Wildman–Crippen MR) is 107 cm³/mol. The number of unbranched alkanes of at least 4 members (excludes halogenated alkanes) is 3. The van der Waals surface area contributed by atoms with Crippen LogP contribution in [-0.2, 0) is 24.4 Å². The zero-order chi connectivity index (χ0) is 19.3. The molecule has 0 aliphatic heterocycles. The second kappa shape index (κ2) is 15.1. The summed E-state index contributed by atoms with van der Waals surface area (Å²) in [5, 5.41) is 0. The zero-order valence-electron chi connectivity index (χ0n) is 17.0. The number of hydrogen-bond donors (Lipinski definition) is 1. The van der Waals surface area contributed by atoms with Crippen LogP contribution in [0.2, 0.25) is 0 Å². The Labute approximate surface area is 176 Å². The third-order valence-electron chi connectivity index (χ3n) is 4.41. The molecule has 1 N–H and O–H groups in total. The molecule has 0 bridgehead atoms. The Kier molecular flexibility index (Phi) is 16.5. The Bertz CT molecular complexity index is 468. The van der Waals surface area contributed by atoms with Gasteiger partial charge in [-0.05, 0) is 25.2 Å². The van der Waals surface area contributed by atoms with Gasteiger partial charge in [0.15, 0.2) is 0 Å². The molecule has 0 aromatic carbocycles. The van der Waals surface area contributed by atoms with E-state index in [0.717, 1.165) is 32.1 Å². The van der Waals surface area contributed by atoms with Crippen molar-refractivity contribution in [1.82, 2.24) is 0 Å². The quantitative estimate of drug-likeness (QED) is 0.160. The summed E-state index contributed by atoms with van der Waals surface area (Å²) in [5.41, 5.74) is 0. The fourth-order valence-corrected chi connectivity index (χ4v) is 3.44. The van der Waals surface area contributed by atoms with E-state index in [2.05, 4.69) is 6.92 Å². The normalized spacial score (nSPS) is 15.0. The summed E-state index contributed by atoms with van der Waals surface area (Å²) < 4.78 is 44.5. The van der Waals surface area contributed by atoms with Gasteiger partial charge in [-0.1, -0.05) is 59.8 Å². The first-order valence-corrected chi connectivity index (χ1v) is 11.0. The Morgan fingerprint density at radius 3 is 2.08 bits per heavy atom. The topological polar surface area (TPSA) is 89.9 Å². The van der Waals surface area contributed by atoms with Gasteiger partial charge in [0.05, 0.1) is 6.61 Å². The minimum absolute atomic E-state index is 0. The molecular weight excluding hydrogens is 463 g/mol. The maximum atomic E-state index is 12.6. The second-order valence-electron chi connectivity index (χ2n) is 6.55. The molecule has 2 radical (unpaired) electrons. The van der Waals surface area contributed by atoms with Gasteiger partial charge in [0.2, 0.25) is 0 Å². The average Bonchev–Trinajstić information content (AvgIpc) is 2.56. The summed E-state index contributed by atoms with van der Waals surface area (Å²) in [6, 6.07) is 0. The van der Waals surface area contributed by atoms with Gasteiger partial charge in [-0.25, -0.2) is 4.79 Å². The number of rotatable bonds is 15. The molecule has 2 atom stereocenters. The summed E-state index contributed by atoms with van der Waals surface area (Å²) in [4.78, 5) is 10.3. The van der Waals surface area contributed by atoms with Crippen LogP contribution >= 0.6 is 0 Å². The standard InChI is InChI=1S/C18H36O6S.Sn.2H/c1-5-9-12-16(8-4)15-23-17(19)18(13-10-6-2,25(20,21)22)24-14-11-7-3;;;/h16H,5-15H2,1-4H3,(H,20,21,22);;;. The van der Waals surface area contributed by atoms with Crippen LogP contribution in [0.1, 0.15) is 85.5 Å². The number of ether oxygens (including phenoxy) is 2. The van der Waals surface area contributed by atoms with Crippen molar-refractivity contribution in [3.8, 4) is 0 Å². The first kappa shape index (κ1) is 28.3. The maximum absolute atomic E-state index is 12.6. The van der Waals surface area contributed by atoms with Crippen molar-refractivity contribution in [2.24, 2.45) is 5.92 Å². The Hall–Kier alpha value is 0.139. The molecule has 26 heavy (non-hydrogen) atoms. The van der Waals surface area contributed by atoms with Gasteiger partial charge in [-0.2, -0.15) is 8.42 Å². The van der Waals surface area contributed by atoms with Crippen molar-refractivity contribution in [3.63, 3.8) is 0 Å². The number of esters is 1. The first-order valence-electron chi connectivity index (χ1n) is 9.57. The van der Waals surface area contributed by atoms with Crippen LogP contribution in [0, 0.1) is 5.92 Å². The fourth-order valence-electron chi connectivity index (χ4n) is 2.53. The van der Waals surface area contributed by atoms with Crippen molar-refractivity contribution in [3.05, 3.63) is 0 Å². The molecule has 0 heterocycles. The van der Waals surface area contributed by atoms with E-state index in [4.69, 9.17) is 9.47 Å². The van der Waals surface area contributed by atoms with E-state index in [1.54, 1.807) is 0 Å². The van der Waals surface area contributed by atoms with Crippen molar-refractivity contribution in [2.75, 3.05) is 13.2 Å². The van der Waals surface area contributed by atoms with E-state index >= 15 is 0 Å². The zero-order valence-corrected chi connectivity index (χ0v) is 21.8. The number of hydrogen-bond acceptors (Lipinski definition) is 5. The molecule has 0 aromatic rings. The Morgan fingerprint density at radius 1 is 1.04 bits per heavy atom. The monoisotopic (exact) mass is 502 g/mol. The van der Waals surface area contributed by atoms with Gasteiger partial charge in [-0.15, -0.1) is 0 Å².